The second-order valence-corrected chi connectivity index (χ2v) is 12.3. The van der Waals surface area contributed by atoms with Crippen molar-refractivity contribution in [2.24, 2.45) is 0 Å². The first-order valence-corrected chi connectivity index (χ1v) is 16.3. The van der Waals surface area contributed by atoms with Crippen molar-refractivity contribution in [2.45, 2.75) is 0 Å². The number of benzene rings is 7. The molecule has 0 aliphatic rings. The van der Waals surface area contributed by atoms with Crippen LogP contribution in [-0.4, -0.2) is 19.9 Å². The van der Waals surface area contributed by atoms with Crippen LogP contribution in [0.3, 0.4) is 0 Å². The molecular formula is C44H26N4O. The van der Waals surface area contributed by atoms with E-state index in [1.807, 2.05) is 66.7 Å². The highest BCUT2D eigenvalue weighted by Gasteiger charge is 2.19. The van der Waals surface area contributed by atoms with E-state index < -0.39 is 0 Å². The third-order valence-corrected chi connectivity index (χ3v) is 9.37. The molecule has 3 aromatic heterocycles. The highest BCUT2D eigenvalue weighted by Crippen LogP contribution is 2.38. The lowest BCUT2D eigenvalue weighted by molar-refractivity contribution is 0.668. The number of rotatable bonds is 4. The molecule has 0 bridgehead atoms. The monoisotopic (exact) mass is 626 g/mol. The maximum atomic E-state index is 6.48. The molecule has 7 aromatic carbocycles. The molecule has 0 N–H and O–H groups in total. The minimum Gasteiger partial charge on any atom is -0.456 e. The Morgan fingerprint density at radius 3 is 1.67 bits per heavy atom. The number of hydrogen-bond acceptors (Lipinski definition) is 5. The summed E-state index contributed by atoms with van der Waals surface area (Å²) in [6.45, 7) is 0. The quantitative estimate of drug-likeness (QED) is 0.182. The minimum absolute atomic E-state index is 0.500. The Balaban J connectivity index is 1.10. The van der Waals surface area contributed by atoms with E-state index in [-0.39, 0.29) is 0 Å². The Morgan fingerprint density at radius 1 is 0.367 bits per heavy atom. The predicted molar refractivity (Wildman–Crippen MR) is 199 cm³/mol. The van der Waals surface area contributed by atoms with Gasteiger partial charge in [0, 0.05) is 22.7 Å². The van der Waals surface area contributed by atoms with Gasteiger partial charge in [-0.05, 0) is 67.7 Å². The fraction of sp³-hybridized carbons (Fsp3) is 0. The van der Waals surface area contributed by atoms with E-state index in [0.29, 0.717) is 23.2 Å². The molecule has 0 saturated carbocycles. The summed E-state index contributed by atoms with van der Waals surface area (Å²) >= 11 is 0. The summed E-state index contributed by atoms with van der Waals surface area (Å²) in [7, 11) is 0. The lowest BCUT2D eigenvalue weighted by atomic mass is 9.94. The minimum atomic E-state index is 0.500. The van der Waals surface area contributed by atoms with Gasteiger partial charge in [-0.2, -0.15) is 0 Å². The van der Waals surface area contributed by atoms with E-state index in [1.165, 1.54) is 32.3 Å². The lowest BCUT2D eigenvalue weighted by Crippen LogP contribution is -2.01. The lowest BCUT2D eigenvalue weighted by Gasteiger charge is -2.10. The molecule has 0 aliphatic heterocycles. The van der Waals surface area contributed by atoms with Crippen molar-refractivity contribution in [2.75, 3.05) is 0 Å². The molecule has 10 rings (SSSR count). The molecule has 228 valence electrons. The maximum absolute atomic E-state index is 6.48. The molecule has 5 heteroatoms. The van der Waals surface area contributed by atoms with Crippen molar-refractivity contribution >= 4 is 54.3 Å². The Labute approximate surface area is 281 Å². The van der Waals surface area contributed by atoms with Crippen molar-refractivity contribution < 1.29 is 4.42 Å². The molecule has 49 heavy (non-hydrogen) atoms. The Bertz CT molecular complexity index is 2820. The third-order valence-electron chi connectivity index (χ3n) is 9.37. The summed E-state index contributed by atoms with van der Waals surface area (Å²) in [6.07, 6.45) is 1.76. The van der Waals surface area contributed by atoms with Gasteiger partial charge in [-0.1, -0.05) is 127 Å². The van der Waals surface area contributed by atoms with E-state index in [0.717, 1.165) is 44.2 Å². The van der Waals surface area contributed by atoms with E-state index >= 15 is 0 Å². The fourth-order valence-electron chi connectivity index (χ4n) is 6.99. The topological polar surface area (TPSA) is 64.7 Å². The van der Waals surface area contributed by atoms with Gasteiger partial charge in [0.15, 0.2) is 17.5 Å². The van der Waals surface area contributed by atoms with Crippen LogP contribution < -0.4 is 0 Å². The number of aromatic nitrogens is 4. The van der Waals surface area contributed by atoms with Gasteiger partial charge in [0.25, 0.3) is 0 Å². The molecule has 0 unspecified atom stereocenters. The molecule has 0 saturated heterocycles. The summed E-state index contributed by atoms with van der Waals surface area (Å²) in [5.74, 6) is 1.69. The SMILES string of the molecule is c1ccc(-c2nc(-c3ccccc3)nc(-c3nccc4oc5cc(-c6ccc7c(ccc8c9ccccc9ccc78)c6)ccc5c34)n2)cc1. The van der Waals surface area contributed by atoms with Gasteiger partial charge in [-0.3, -0.25) is 4.98 Å². The van der Waals surface area contributed by atoms with Gasteiger partial charge in [0.2, 0.25) is 0 Å². The van der Waals surface area contributed by atoms with Crippen LogP contribution in [0.2, 0.25) is 0 Å². The normalized spacial score (nSPS) is 11.7. The maximum Gasteiger partial charge on any atom is 0.183 e. The molecule has 0 aliphatic carbocycles. The molecule has 3 heterocycles. The average Bonchev–Trinajstić information content (AvgIpc) is 3.56. The van der Waals surface area contributed by atoms with Crippen molar-refractivity contribution in [3.63, 3.8) is 0 Å². The predicted octanol–water partition coefficient (Wildman–Crippen LogP) is 11.3. The van der Waals surface area contributed by atoms with Crippen LogP contribution in [0.1, 0.15) is 0 Å². The van der Waals surface area contributed by atoms with Gasteiger partial charge in [-0.15, -0.1) is 0 Å². The number of hydrogen-bond donors (Lipinski definition) is 0. The van der Waals surface area contributed by atoms with Crippen LogP contribution in [0.5, 0.6) is 0 Å². The van der Waals surface area contributed by atoms with Crippen molar-refractivity contribution in [3.8, 4) is 45.4 Å². The molecule has 5 nitrogen and oxygen atoms in total. The first-order valence-electron chi connectivity index (χ1n) is 16.3. The summed E-state index contributed by atoms with van der Waals surface area (Å²) in [5.41, 5.74) is 6.21. The standard InChI is InChI=1S/C44H26N4O/c1-3-10-28(11-4-1)42-46-43(29-12-5-2-6-13-29)48-44(47-42)41-40-37-22-17-31(26-39(37)49-38(40)23-24-45-41)30-16-19-34-32(25-30)18-21-35-33-14-8-7-9-27(33)15-20-36(34)35/h1-26H. The molecule has 0 amide bonds. The molecule has 0 radical (unpaired) electrons. The number of furan rings is 1. The van der Waals surface area contributed by atoms with Gasteiger partial charge in [0.1, 0.15) is 16.9 Å². The van der Waals surface area contributed by atoms with Gasteiger partial charge in [0.05, 0.1) is 5.39 Å². The van der Waals surface area contributed by atoms with E-state index in [1.54, 1.807) is 6.20 Å². The summed E-state index contributed by atoms with van der Waals surface area (Å²) in [5, 5.41) is 9.36. The van der Waals surface area contributed by atoms with E-state index in [4.69, 9.17) is 24.4 Å². The zero-order valence-electron chi connectivity index (χ0n) is 26.2. The van der Waals surface area contributed by atoms with Crippen LogP contribution >= 0.6 is 0 Å². The Morgan fingerprint density at radius 2 is 0.939 bits per heavy atom. The van der Waals surface area contributed by atoms with Gasteiger partial charge in [-0.25, -0.2) is 15.0 Å². The summed E-state index contributed by atoms with van der Waals surface area (Å²) in [6, 6.07) is 52.5. The second kappa shape index (κ2) is 10.9. The smallest absolute Gasteiger partial charge is 0.183 e. The summed E-state index contributed by atoms with van der Waals surface area (Å²) < 4.78 is 6.48. The number of nitrogens with zero attached hydrogens (tertiary/aromatic N) is 4. The molecule has 0 fully saturated rings. The van der Waals surface area contributed by atoms with Crippen LogP contribution in [0.4, 0.5) is 0 Å². The number of pyridine rings is 1. The van der Waals surface area contributed by atoms with Crippen molar-refractivity contribution in [3.05, 3.63) is 158 Å². The second-order valence-electron chi connectivity index (χ2n) is 12.3. The number of fused-ring (bicyclic) bond motifs is 8. The largest absolute Gasteiger partial charge is 0.456 e. The average molecular weight is 627 g/mol. The van der Waals surface area contributed by atoms with Crippen molar-refractivity contribution in [1.29, 1.82) is 0 Å². The Kier molecular flexibility index (Phi) is 6.11. The molecule has 10 aromatic rings. The van der Waals surface area contributed by atoms with Crippen molar-refractivity contribution in [1.82, 2.24) is 19.9 Å². The molecule has 0 spiro atoms. The first kappa shape index (κ1) is 27.4. The first-order chi connectivity index (χ1) is 24.3. The van der Waals surface area contributed by atoms with Crippen LogP contribution in [0.15, 0.2) is 162 Å². The van der Waals surface area contributed by atoms with Gasteiger partial charge < -0.3 is 4.42 Å². The third kappa shape index (κ3) is 4.55. The van der Waals surface area contributed by atoms with E-state index in [2.05, 4.69) is 84.9 Å². The zero-order chi connectivity index (χ0) is 32.3. The van der Waals surface area contributed by atoms with Crippen LogP contribution in [-0.2, 0) is 0 Å². The van der Waals surface area contributed by atoms with E-state index in [9.17, 15) is 0 Å². The Hall–Kier alpha value is -6.72. The molecular weight excluding hydrogens is 601 g/mol. The fourth-order valence-corrected chi connectivity index (χ4v) is 6.99. The van der Waals surface area contributed by atoms with Crippen LogP contribution in [0.25, 0.3) is 99.7 Å². The summed E-state index contributed by atoms with van der Waals surface area (Å²) in [4.78, 5) is 19.6. The highest BCUT2D eigenvalue weighted by atomic mass is 16.3. The zero-order valence-corrected chi connectivity index (χ0v) is 26.2. The van der Waals surface area contributed by atoms with Crippen LogP contribution in [0, 0.1) is 0 Å². The van der Waals surface area contributed by atoms with Gasteiger partial charge >= 0.3 is 0 Å². The molecule has 0 atom stereocenters. The highest BCUT2D eigenvalue weighted by molar-refractivity contribution is 6.18.